The van der Waals surface area contributed by atoms with Gasteiger partial charge >= 0.3 is 0 Å². The van der Waals surface area contributed by atoms with Crippen LogP contribution in [0.15, 0.2) is 12.2 Å². The molecule has 0 N–H and O–H groups in total. The Hall–Kier alpha value is -1.69. The predicted molar refractivity (Wildman–Crippen MR) is 101 cm³/mol. The highest BCUT2D eigenvalue weighted by Crippen LogP contribution is 2.29. The van der Waals surface area contributed by atoms with Gasteiger partial charge in [0.2, 0.25) is 5.91 Å². The molecule has 0 radical (unpaired) electrons. The fourth-order valence-corrected chi connectivity index (χ4v) is 4.72. The number of hydrogen-bond donors (Lipinski definition) is 0. The van der Waals surface area contributed by atoms with Crippen LogP contribution >= 0.6 is 0 Å². The number of likely N-dealkylation sites (tertiary alicyclic amines) is 1. The monoisotopic (exact) mass is 357 g/mol. The van der Waals surface area contributed by atoms with E-state index < -0.39 is 0 Å². The van der Waals surface area contributed by atoms with E-state index >= 15 is 0 Å². The number of rotatable bonds is 3. The summed E-state index contributed by atoms with van der Waals surface area (Å²) in [6.07, 6.45) is 11.7. The zero-order chi connectivity index (χ0) is 17.9. The number of allylic oxidation sites excluding steroid dienone is 2. The number of amides is 1. The van der Waals surface area contributed by atoms with E-state index in [1.54, 1.807) is 6.92 Å². The molecular formula is C20H31N5O. The van der Waals surface area contributed by atoms with Crippen molar-refractivity contribution < 1.29 is 4.79 Å². The minimum absolute atomic E-state index is 0.163. The van der Waals surface area contributed by atoms with Crippen molar-refractivity contribution in [1.82, 2.24) is 24.6 Å². The van der Waals surface area contributed by atoms with Gasteiger partial charge in [0.1, 0.15) is 11.6 Å². The molecule has 1 aromatic heterocycles. The Morgan fingerprint density at radius 2 is 1.92 bits per heavy atom. The summed E-state index contributed by atoms with van der Waals surface area (Å²) < 4.78 is 2.30. The fourth-order valence-electron chi connectivity index (χ4n) is 4.72. The molecule has 6 heteroatoms. The third-order valence-electron chi connectivity index (χ3n) is 6.35. The van der Waals surface area contributed by atoms with E-state index in [4.69, 9.17) is 0 Å². The molecule has 2 aliphatic heterocycles. The molecule has 1 aromatic rings. The summed E-state index contributed by atoms with van der Waals surface area (Å²) in [5.41, 5.74) is 0. The first kappa shape index (κ1) is 17.7. The number of nitrogens with zero attached hydrogens (tertiary/aromatic N) is 5. The predicted octanol–water partition coefficient (Wildman–Crippen LogP) is 2.22. The van der Waals surface area contributed by atoms with Gasteiger partial charge in [-0.1, -0.05) is 12.2 Å². The Balaban J connectivity index is 1.35. The minimum Gasteiger partial charge on any atom is -0.341 e. The lowest BCUT2D eigenvalue weighted by molar-refractivity contribution is -0.128. The van der Waals surface area contributed by atoms with E-state index in [1.165, 1.54) is 51.7 Å². The van der Waals surface area contributed by atoms with Gasteiger partial charge in [0.15, 0.2) is 0 Å². The molecule has 1 atom stereocenters. The van der Waals surface area contributed by atoms with E-state index in [0.717, 1.165) is 43.6 Å². The van der Waals surface area contributed by atoms with Crippen LogP contribution in [0.5, 0.6) is 0 Å². The first-order chi connectivity index (χ1) is 12.7. The molecule has 1 saturated heterocycles. The zero-order valence-corrected chi connectivity index (χ0v) is 15.9. The van der Waals surface area contributed by atoms with Crippen molar-refractivity contribution in [2.45, 2.75) is 57.9 Å². The van der Waals surface area contributed by atoms with Crippen LogP contribution in [0, 0.1) is 5.92 Å². The summed E-state index contributed by atoms with van der Waals surface area (Å²) in [6, 6.07) is 0. The third kappa shape index (κ3) is 3.85. The van der Waals surface area contributed by atoms with Gasteiger partial charge in [-0.3, -0.25) is 4.79 Å². The van der Waals surface area contributed by atoms with Crippen LogP contribution in [0.1, 0.15) is 56.6 Å². The highest BCUT2D eigenvalue weighted by Gasteiger charge is 2.28. The lowest BCUT2D eigenvalue weighted by Crippen LogP contribution is -2.37. The number of aromatic nitrogens is 3. The average molecular weight is 358 g/mol. The maximum Gasteiger partial charge on any atom is 0.219 e. The first-order valence-corrected chi connectivity index (χ1v) is 10.3. The van der Waals surface area contributed by atoms with E-state index in [2.05, 4.69) is 31.8 Å². The topological polar surface area (TPSA) is 54.3 Å². The Bertz CT molecular complexity index is 659. The molecule has 3 aliphatic rings. The molecular weight excluding hydrogens is 326 g/mol. The van der Waals surface area contributed by atoms with Crippen molar-refractivity contribution in [3.8, 4) is 0 Å². The van der Waals surface area contributed by atoms with Crippen molar-refractivity contribution in [2.24, 2.45) is 5.92 Å². The molecule has 26 heavy (non-hydrogen) atoms. The molecule has 4 rings (SSSR count). The molecule has 0 bridgehead atoms. The van der Waals surface area contributed by atoms with Crippen LogP contribution < -0.4 is 0 Å². The van der Waals surface area contributed by atoms with E-state index in [0.29, 0.717) is 5.92 Å². The Morgan fingerprint density at radius 1 is 1.08 bits per heavy atom. The highest BCUT2D eigenvalue weighted by atomic mass is 16.2. The lowest BCUT2D eigenvalue weighted by atomic mass is 9.91. The number of fused-ring (bicyclic) bond motifs is 1. The van der Waals surface area contributed by atoms with Gasteiger partial charge in [-0.15, -0.1) is 10.2 Å². The summed E-state index contributed by atoms with van der Waals surface area (Å²) in [4.78, 5) is 16.3. The largest absolute Gasteiger partial charge is 0.341 e. The number of piperidine rings is 1. The maximum absolute atomic E-state index is 11.7. The summed E-state index contributed by atoms with van der Waals surface area (Å²) in [7, 11) is 0. The second kappa shape index (κ2) is 7.91. The van der Waals surface area contributed by atoms with E-state index in [9.17, 15) is 4.79 Å². The van der Waals surface area contributed by atoms with Crippen molar-refractivity contribution in [3.05, 3.63) is 23.8 Å². The molecule has 1 amide bonds. The molecule has 1 fully saturated rings. The third-order valence-corrected chi connectivity index (χ3v) is 6.35. The van der Waals surface area contributed by atoms with Gasteiger partial charge in [-0.05, 0) is 51.1 Å². The second-order valence-corrected chi connectivity index (χ2v) is 8.11. The summed E-state index contributed by atoms with van der Waals surface area (Å²) in [5.74, 6) is 3.74. The molecule has 3 heterocycles. The van der Waals surface area contributed by atoms with Gasteiger partial charge in [0, 0.05) is 45.4 Å². The van der Waals surface area contributed by atoms with Gasteiger partial charge in [-0.25, -0.2) is 0 Å². The smallest absolute Gasteiger partial charge is 0.219 e. The van der Waals surface area contributed by atoms with Crippen LogP contribution in [0.4, 0.5) is 0 Å². The molecule has 6 nitrogen and oxygen atoms in total. The van der Waals surface area contributed by atoms with Crippen LogP contribution in [-0.4, -0.2) is 63.2 Å². The van der Waals surface area contributed by atoms with Crippen LogP contribution in [0.25, 0.3) is 0 Å². The Morgan fingerprint density at radius 3 is 2.65 bits per heavy atom. The van der Waals surface area contributed by atoms with Crippen molar-refractivity contribution >= 4 is 5.91 Å². The minimum atomic E-state index is 0.163. The molecule has 142 valence electrons. The average Bonchev–Trinajstić information content (AvgIpc) is 2.94. The van der Waals surface area contributed by atoms with Gasteiger partial charge in [-0.2, -0.15) is 0 Å². The van der Waals surface area contributed by atoms with Gasteiger partial charge < -0.3 is 14.4 Å². The van der Waals surface area contributed by atoms with Crippen molar-refractivity contribution in [1.29, 1.82) is 0 Å². The normalized spacial score (nSPS) is 25.1. The van der Waals surface area contributed by atoms with E-state index in [-0.39, 0.29) is 5.91 Å². The highest BCUT2D eigenvalue weighted by molar-refractivity contribution is 5.73. The maximum atomic E-state index is 11.7. The zero-order valence-electron chi connectivity index (χ0n) is 15.9. The summed E-state index contributed by atoms with van der Waals surface area (Å²) in [6.45, 7) is 7.64. The van der Waals surface area contributed by atoms with E-state index in [1.807, 2.05) is 4.90 Å². The Kier molecular flexibility index (Phi) is 5.38. The molecule has 0 spiro atoms. The second-order valence-electron chi connectivity index (χ2n) is 8.11. The van der Waals surface area contributed by atoms with Crippen LogP contribution in [-0.2, 0) is 17.8 Å². The van der Waals surface area contributed by atoms with Gasteiger partial charge in [0.05, 0.1) is 0 Å². The Labute approximate surface area is 156 Å². The standard InChI is InChI=1S/C20H31N5O/c1-16(26)24-12-9-19-21-22-20(25(19)14-13-24)18-7-10-23(11-8-18)15-17-5-3-2-4-6-17/h2-3,17-18H,4-15H2,1H3/t17-/m0/s1. The van der Waals surface area contributed by atoms with Crippen LogP contribution in [0.2, 0.25) is 0 Å². The molecule has 1 aliphatic carbocycles. The molecule has 0 aromatic carbocycles. The van der Waals surface area contributed by atoms with Crippen molar-refractivity contribution in [3.63, 3.8) is 0 Å². The summed E-state index contributed by atoms with van der Waals surface area (Å²) in [5, 5.41) is 9.01. The summed E-state index contributed by atoms with van der Waals surface area (Å²) >= 11 is 0. The number of carbonyl (C=O) groups is 1. The number of hydrogen-bond acceptors (Lipinski definition) is 4. The fraction of sp³-hybridized carbons (Fsp3) is 0.750. The quantitative estimate of drug-likeness (QED) is 0.779. The lowest BCUT2D eigenvalue weighted by Gasteiger charge is -2.34. The SMILES string of the molecule is CC(=O)N1CCc2nnc(C3CCN(C[C@H]4CC=CCC4)CC3)n2CC1. The van der Waals surface area contributed by atoms with Crippen LogP contribution in [0.3, 0.4) is 0 Å². The van der Waals surface area contributed by atoms with Crippen molar-refractivity contribution in [2.75, 3.05) is 32.7 Å². The van der Waals surface area contributed by atoms with Gasteiger partial charge in [0.25, 0.3) is 0 Å². The molecule has 0 unspecified atom stereocenters. The first-order valence-electron chi connectivity index (χ1n) is 10.3. The molecule has 0 saturated carbocycles. The number of carbonyl (C=O) groups excluding carboxylic acids is 1.